The SMILES string of the molecule is CC(OC(=O)c1cc2ccccc2[nH]1)C(=O)Nc1ccc([N+](=O)[O-])cc1Cl. The summed E-state index contributed by atoms with van der Waals surface area (Å²) in [5, 5.41) is 14.0. The molecule has 0 saturated carbocycles. The maximum absolute atomic E-state index is 12.2. The van der Waals surface area contributed by atoms with Crippen LogP contribution < -0.4 is 5.32 Å². The number of non-ortho nitro benzene ring substituents is 1. The molecule has 1 atom stereocenters. The highest BCUT2D eigenvalue weighted by Gasteiger charge is 2.21. The third-order valence-electron chi connectivity index (χ3n) is 3.82. The van der Waals surface area contributed by atoms with Gasteiger partial charge in [0.15, 0.2) is 6.10 Å². The first-order chi connectivity index (χ1) is 12.8. The lowest BCUT2D eigenvalue weighted by Gasteiger charge is -2.13. The summed E-state index contributed by atoms with van der Waals surface area (Å²) in [7, 11) is 0. The van der Waals surface area contributed by atoms with Gasteiger partial charge in [0.05, 0.1) is 15.6 Å². The molecular formula is C18H14ClN3O5. The molecule has 0 radical (unpaired) electrons. The molecule has 1 amide bonds. The molecule has 0 saturated heterocycles. The smallest absolute Gasteiger partial charge is 0.355 e. The number of fused-ring (bicyclic) bond motifs is 1. The molecule has 0 fully saturated rings. The number of carbonyl (C=O) groups is 2. The quantitative estimate of drug-likeness (QED) is 0.391. The zero-order valence-electron chi connectivity index (χ0n) is 14.1. The number of aromatic nitrogens is 1. The number of halogens is 1. The Morgan fingerprint density at radius 3 is 2.63 bits per heavy atom. The van der Waals surface area contributed by atoms with Crippen LogP contribution in [0.1, 0.15) is 17.4 Å². The van der Waals surface area contributed by atoms with Crippen LogP contribution in [0, 0.1) is 10.1 Å². The van der Waals surface area contributed by atoms with E-state index in [2.05, 4.69) is 10.3 Å². The van der Waals surface area contributed by atoms with Gasteiger partial charge in [-0.1, -0.05) is 29.8 Å². The van der Waals surface area contributed by atoms with Crippen LogP contribution in [0.25, 0.3) is 10.9 Å². The molecule has 0 spiro atoms. The van der Waals surface area contributed by atoms with Crippen molar-refractivity contribution in [2.45, 2.75) is 13.0 Å². The number of esters is 1. The maximum Gasteiger partial charge on any atom is 0.355 e. The van der Waals surface area contributed by atoms with E-state index in [0.29, 0.717) is 0 Å². The zero-order valence-corrected chi connectivity index (χ0v) is 14.8. The van der Waals surface area contributed by atoms with E-state index in [1.165, 1.54) is 19.1 Å². The second-order valence-electron chi connectivity index (χ2n) is 5.73. The van der Waals surface area contributed by atoms with Crippen molar-refractivity contribution in [3.05, 3.63) is 69.4 Å². The molecule has 0 aliphatic rings. The van der Waals surface area contributed by atoms with Crippen molar-refractivity contribution in [1.29, 1.82) is 0 Å². The minimum absolute atomic E-state index is 0.00620. The van der Waals surface area contributed by atoms with Crippen LogP contribution in [-0.4, -0.2) is 27.9 Å². The van der Waals surface area contributed by atoms with Gasteiger partial charge < -0.3 is 15.0 Å². The fourth-order valence-corrected chi connectivity index (χ4v) is 2.64. The van der Waals surface area contributed by atoms with Gasteiger partial charge in [-0.25, -0.2) is 4.79 Å². The van der Waals surface area contributed by atoms with Crippen LogP contribution in [-0.2, 0) is 9.53 Å². The van der Waals surface area contributed by atoms with Crippen molar-refractivity contribution in [2.24, 2.45) is 0 Å². The lowest BCUT2D eigenvalue weighted by molar-refractivity contribution is -0.384. The summed E-state index contributed by atoms with van der Waals surface area (Å²) in [6.07, 6.45) is -1.10. The third-order valence-corrected chi connectivity index (χ3v) is 4.14. The molecule has 138 valence electrons. The number of nitrogens with one attached hydrogen (secondary N) is 2. The average molecular weight is 388 g/mol. The minimum Gasteiger partial charge on any atom is -0.448 e. The lowest BCUT2D eigenvalue weighted by Crippen LogP contribution is -2.30. The van der Waals surface area contributed by atoms with Crippen molar-refractivity contribution < 1.29 is 19.2 Å². The van der Waals surface area contributed by atoms with Gasteiger partial charge in [-0.05, 0) is 25.1 Å². The number of nitro groups is 1. The van der Waals surface area contributed by atoms with Gasteiger partial charge in [0, 0.05) is 23.0 Å². The molecule has 0 aliphatic carbocycles. The summed E-state index contributed by atoms with van der Waals surface area (Å²) in [4.78, 5) is 37.5. The standard InChI is InChI=1S/C18H14ClN3O5/c1-10(17(23)21-15-7-6-12(22(25)26)9-13(15)19)27-18(24)16-8-11-4-2-3-5-14(11)20-16/h2-10,20H,1H3,(H,21,23). The van der Waals surface area contributed by atoms with Gasteiger partial charge in [0.25, 0.3) is 11.6 Å². The molecular weight excluding hydrogens is 374 g/mol. The largest absolute Gasteiger partial charge is 0.448 e. The van der Waals surface area contributed by atoms with E-state index in [0.717, 1.165) is 17.0 Å². The molecule has 9 heteroatoms. The Hall–Kier alpha value is -3.39. The summed E-state index contributed by atoms with van der Waals surface area (Å²) >= 11 is 5.94. The molecule has 3 rings (SSSR count). The second-order valence-corrected chi connectivity index (χ2v) is 6.14. The average Bonchev–Trinajstić information content (AvgIpc) is 3.07. The van der Waals surface area contributed by atoms with Gasteiger partial charge in [-0.2, -0.15) is 0 Å². The molecule has 2 N–H and O–H groups in total. The first-order valence-electron chi connectivity index (χ1n) is 7.88. The Bertz CT molecular complexity index is 1010. The van der Waals surface area contributed by atoms with Gasteiger partial charge in [0.1, 0.15) is 5.69 Å². The Morgan fingerprint density at radius 2 is 1.96 bits per heavy atom. The summed E-state index contributed by atoms with van der Waals surface area (Å²) in [6.45, 7) is 1.41. The van der Waals surface area contributed by atoms with Crippen molar-refractivity contribution in [3.8, 4) is 0 Å². The van der Waals surface area contributed by atoms with Crippen molar-refractivity contribution in [2.75, 3.05) is 5.32 Å². The monoisotopic (exact) mass is 387 g/mol. The van der Waals surface area contributed by atoms with Gasteiger partial charge in [-0.3, -0.25) is 14.9 Å². The van der Waals surface area contributed by atoms with Crippen LogP contribution in [0.5, 0.6) is 0 Å². The summed E-state index contributed by atoms with van der Waals surface area (Å²) in [5.74, 6) is -1.29. The fraction of sp³-hybridized carbons (Fsp3) is 0.111. The molecule has 1 unspecified atom stereocenters. The first-order valence-corrected chi connectivity index (χ1v) is 8.26. The van der Waals surface area contributed by atoms with E-state index in [1.54, 1.807) is 6.07 Å². The van der Waals surface area contributed by atoms with E-state index < -0.39 is 22.9 Å². The number of nitrogens with zero attached hydrogens (tertiary/aromatic N) is 1. The van der Waals surface area contributed by atoms with E-state index >= 15 is 0 Å². The number of aromatic amines is 1. The number of ether oxygens (including phenoxy) is 1. The number of carbonyl (C=O) groups excluding carboxylic acids is 2. The fourth-order valence-electron chi connectivity index (χ4n) is 2.41. The minimum atomic E-state index is -1.10. The van der Waals surface area contributed by atoms with Crippen LogP contribution in [0.15, 0.2) is 48.5 Å². The number of nitro benzene ring substituents is 1. The highest BCUT2D eigenvalue weighted by Crippen LogP contribution is 2.27. The molecule has 1 aromatic heterocycles. The normalized spacial score (nSPS) is 11.8. The molecule has 8 nitrogen and oxygen atoms in total. The number of para-hydroxylation sites is 1. The first kappa shape index (κ1) is 18.4. The number of hydrogen-bond acceptors (Lipinski definition) is 5. The molecule has 0 aliphatic heterocycles. The second kappa shape index (κ2) is 7.46. The van der Waals surface area contributed by atoms with Crippen molar-refractivity contribution in [1.82, 2.24) is 4.98 Å². The maximum atomic E-state index is 12.2. The molecule has 3 aromatic rings. The molecule has 0 bridgehead atoms. The van der Waals surface area contributed by atoms with E-state index in [9.17, 15) is 19.7 Å². The van der Waals surface area contributed by atoms with Crippen LogP contribution in [0.3, 0.4) is 0 Å². The van der Waals surface area contributed by atoms with Crippen LogP contribution in [0.2, 0.25) is 5.02 Å². The molecule has 1 heterocycles. The van der Waals surface area contributed by atoms with Gasteiger partial charge >= 0.3 is 5.97 Å². The number of H-pyrrole nitrogens is 1. The highest BCUT2D eigenvalue weighted by atomic mass is 35.5. The van der Waals surface area contributed by atoms with Crippen molar-refractivity contribution in [3.63, 3.8) is 0 Å². The predicted octanol–water partition coefficient (Wildman–Crippen LogP) is 3.91. The highest BCUT2D eigenvalue weighted by molar-refractivity contribution is 6.34. The summed E-state index contributed by atoms with van der Waals surface area (Å²) in [6, 6.07) is 12.6. The Balaban J connectivity index is 1.66. The zero-order chi connectivity index (χ0) is 19.6. The Morgan fingerprint density at radius 1 is 1.22 bits per heavy atom. The number of anilines is 1. The third kappa shape index (κ3) is 4.06. The number of amides is 1. The number of hydrogen-bond donors (Lipinski definition) is 2. The Labute approximate surface area is 158 Å². The number of rotatable bonds is 5. The lowest BCUT2D eigenvalue weighted by atomic mass is 10.2. The Kier molecular flexibility index (Phi) is 5.09. The summed E-state index contributed by atoms with van der Waals surface area (Å²) < 4.78 is 5.17. The summed E-state index contributed by atoms with van der Waals surface area (Å²) in [5.41, 5.74) is 0.987. The van der Waals surface area contributed by atoms with Crippen molar-refractivity contribution >= 4 is 45.8 Å². The van der Waals surface area contributed by atoms with Gasteiger partial charge in [-0.15, -0.1) is 0 Å². The van der Waals surface area contributed by atoms with E-state index in [4.69, 9.17) is 16.3 Å². The van der Waals surface area contributed by atoms with Crippen LogP contribution in [0.4, 0.5) is 11.4 Å². The van der Waals surface area contributed by atoms with E-state index in [-0.39, 0.29) is 22.1 Å². The molecule has 2 aromatic carbocycles. The molecule has 27 heavy (non-hydrogen) atoms. The number of benzene rings is 2. The topological polar surface area (TPSA) is 114 Å². The van der Waals surface area contributed by atoms with E-state index in [1.807, 2.05) is 24.3 Å². The van der Waals surface area contributed by atoms with Crippen LogP contribution >= 0.6 is 11.6 Å². The van der Waals surface area contributed by atoms with Gasteiger partial charge in [0.2, 0.25) is 0 Å². The predicted molar refractivity (Wildman–Crippen MR) is 99.9 cm³/mol.